The van der Waals surface area contributed by atoms with Crippen LogP contribution in [0.25, 0.3) is 0 Å². The summed E-state index contributed by atoms with van der Waals surface area (Å²) in [5.74, 6) is 0. The summed E-state index contributed by atoms with van der Waals surface area (Å²) in [7, 11) is 7.07. The van der Waals surface area contributed by atoms with Gasteiger partial charge in [-0.1, -0.05) is 20.8 Å². The maximum atomic E-state index is 6.04. The van der Waals surface area contributed by atoms with Crippen LogP contribution in [0.1, 0.15) is 20.8 Å². The molecule has 1 unspecified atom stereocenters. The Morgan fingerprint density at radius 3 is 2.25 bits per heavy atom. The van der Waals surface area contributed by atoms with Crippen molar-refractivity contribution in [3.63, 3.8) is 0 Å². The monoisotopic (exact) mass is 288 g/mol. The second-order valence-corrected chi connectivity index (χ2v) is 6.42. The van der Waals surface area contributed by atoms with Gasteiger partial charge in [-0.25, -0.2) is 0 Å². The summed E-state index contributed by atoms with van der Waals surface area (Å²) in [6.07, 6.45) is -0.253. The zero-order valence-electron chi connectivity index (χ0n) is 13.8. The lowest BCUT2D eigenvalue weighted by molar-refractivity contribution is -0.101. The number of rotatable bonds is 7. The molecule has 1 rings (SSSR count). The topological polar surface area (TPSA) is 46.2 Å². The highest BCUT2D eigenvalue weighted by Gasteiger charge is 2.43. The first-order chi connectivity index (χ1) is 9.35. The first-order valence-electron chi connectivity index (χ1n) is 7.16. The van der Waals surface area contributed by atoms with Gasteiger partial charge in [-0.3, -0.25) is 0 Å². The van der Waals surface area contributed by atoms with E-state index in [2.05, 4.69) is 20.8 Å². The van der Waals surface area contributed by atoms with Crippen LogP contribution in [-0.2, 0) is 23.7 Å². The largest absolute Gasteiger partial charge is 0.382 e. The Labute approximate surface area is 123 Å². The molecule has 6 heteroatoms. The van der Waals surface area contributed by atoms with Crippen LogP contribution >= 0.6 is 0 Å². The van der Waals surface area contributed by atoms with E-state index in [0.717, 1.165) is 0 Å². The third-order valence-corrected chi connectivity index (χ3v) is 3.84. The van der Waals surface area contributed by atoms with Gasteiger partial charge in [-0.2, -0.15) is 0 Å². The first-order valence-corrected chi connectivity index (χ1v) is 7.16. The van der Waals surface area contributed by atoms with Gasteiger partial charge in [-0.15, -0.1) is 0 Å². The van der Waals surface area contributed by atoms with Crippen molar-refractivity contribution < 1.29 is 23.7 Å². The molecule has 5 nitrogen and oxygen atoms in total. The molecule has 1 fully saturated rings. The van der Waals surface area contributed by atoms with E-state index in [1.165, 1.54) is 0 Å². The van der Waals surface area contributed by atoms with Gasteiger partial charge in [0.1, 0.15) is 26.2 Å². The summed E-state index contributed by atoms with van der Waals surface area (Å²) >= 11 is 0. The van der Waals surface area contributed by atoms with Crippen LogP contribution in [0.3, 0.4) is 0 Å². The first kappa shape index (κ1) is 17.9. The van der Waals surface area contributed by atoms with Crippen LogP contribution in [-0.4, -0.2) is 72.8 Å². The average molecular weight is 288 g/mol. The molecule has 1 saturated heterocycles. The van der Waals surface area contributed by atoms with Crippen LogP contribution in [0.5, 0.6) is 0 Å². The van der Waals surface area contributed by atoms with Crippen molar-refractivity contribution >= 4 is 7.85 Å². The second kappa shape index (κ2) is 7.75. The molecular formula is C14H29BO5. The zero-order chi connectivity index (χ0) is 15.3. The minimum absolute atomic E-state index is 0.0161. The molecule has 0 aromatic rings. The van der Waals surface area contributed by atoms with Crippen molar-refractivity contribution in [2.75, 3.05) is 34.5 Å². The van der Waals surface area contributed by atoms with E-state index in [4.69, 9.17) is 23.7 Å². The normalized spacial score (nSPS) is 32.5. The Kier molecular flexibility index (Phi) is 6.95. The average Bonchev–Trinajstić information content (AvgIpc) is 2.65. The second-order valence-electron chi connectivity index (χ2n) is 6.42. The van der Waals surface area contributed by atoms with Crippen molar-refractivity contribution in [3.05, 3.63) is 0 Å². The summed E-state index contributed by atoms with van der Waals surface area (Å²) in [4.78, 5) is 0. The minimum Gasteiger partial charge on any atom is -0.382 e. The van der Waals surface area contributed by atoms with Crippen molar-refractivity contribution in [1.82, 2.24) is 0 Å². The van der Waals surface area contributed by atoms with E-state index >= 15 is 0 Å². The Hall–Kier alpha value is -0.135. The molecule has 1 aliphatic heterocycles. The Bertz CT molecular complexity index is 281. The van der Waals surface area contributed by atoms with Gasteiger partial charge < -0.3 is 23.7 Å². The fourth-order valence-electron chi connectivity index (χ4n) is 2.59. The molecular weight excluding hydrogens is 259 g/mol. The molecule has 118 valence electrons. The SMILES string of the molecule is B[C@@H]1O[C@H](COC)C(OC)[C@@H]1OC[C@H](OC)C(C)(C)C. The predicted molar refractivity (Wildman–Crippen MR) is 79.9 cm³/mol. The lowest BCUT2D eigenvalue weighted by atomic mass is 9.89. The van der Waals surface area contributed by atoms with E-state index in [1.54, 1.807) is 21.3 Å². The Morgan fingerprint density at radius 1 is 1.15 bits per heavy atom. The quantitative estimate of drug-likeness (QED) is 0.637. The van der Waals surface area contributed by atoms with Gasteiger partial charge >= 0.3 is 0 Å². The molecule has 0 saturated carbocycles. The van der Waals surface area contributed by atoms with Gasteiger partial charge in [0.15, 0.2) is 0 Å². The van der Waals surface area contributed by atoms with Crippen LogP contribution in [0.15, 0.2) is 0 Å². The summed E-state index contributed by atoms with van der Waals surface area (Å²) in [6, 6.07) is -0.0161. The molecule has 0 radical (unpaired) electrons. The lowest BCUT2D eigenvalue weighted by Gasteiger charge is -2.31. The Morgan fingerprint density at radius 2 is 1.80 bits per heavy atom. The molecule has 0 bridgehead atoms. The van der Waals surface area contributed by atoms with Crippen molar-refractivity contribution in [2.24, 2.45) is 5.41 Å². The molecule has 0 aromatic carbocycles. The van der Waals surface area contributed by atoms with Gasteiger partial charge in [0, 0.05) is 21.3 Å². The molecule has 1 aliphatic rings. The van der Waals surface area contributed by atoms with Gasteiger partial charge in [0.05, 0.1) is 25.3 Å². The van der Waals surface area contributed by atoms with Gasteiger partial charge in [0.2, 0.25) is 0 Å². The van der Waals surface area contributed by atoms with Crippen LogP contribution in [0, 0.1) is 5.41 Å². The summed E-state index contributed by atoms with van der Waals surface area (Å²) in [6.45, 7) is 7.45. The van der Waals surface area contributed by atoms with E-state index in [1.807, 2.05) is 7.85 Å². The zero-order valence-corrected chi connectivity index (χ0v) is 13.8. The molecule has 0 aliphatic carbocycles. The maximum Gasteiger partial charge on any atom is 0.142 e. The Balaban J connectivity index is 2.61. The van der Waals surface area contributed by atoms with Crippen LogP contribution in [0.2, 0.25) is 0 Å². The third-order valence-electron chi connectivity index (χ3n) is 3.84. The number of hydrogen-bond donors (Lipinski definition) is 0. The number of ether oxygens (including phenoxy) is 5. The maximum absolute atomic E-state index is 6.04. The highest BCUT2D eigenvalue weighted by molar-refractivity contribution is 6.11. The predicted octanol–water partition coefficient (Wildman–Crippen LogP) is 0.452. The summed E-state index contributed by atoms with van der Waals surface area (Å²) < 4.78 is 28.1. The number of methoxy groups -OCH3 is 3. The molecule has 0 N–H and O–H groups in total. The molecule has 0 aromatic heterocycles. The minimum atomic E-state index is -0.109. The van der Waals surface area contributed by atoms with Crippen molar-refractivity contribution in [2.45, 2.75) is 51.2 Å². The smallest absolute Gasteiger partial charge is 0.142 e. The highest BCUT2D eigenvalue weighted by atomic mass is 16.6. The van der Waals surface area contributed by atoms with E-state index < -0.39 is 0 Å². The van der Waals surface area contributed by atoms with Crippen LogP contribution in [0.4, 0.5) is 0 Å². The van der Waals surface area contributed by atoms with Crippen molar-refractivity contribution in [1.29, 1.82) is 0 Å². The van der Waals surface area contributed by atoms with E-state index in [9.17, 15) is 0 Å². The summed E-state index contributed by atoms with van der Waals surface area (Å²) in [5.41, 5.74) is 0.0337. The number of hydrogen-bond acceptors (Lipinski definition) is 5. The highest BCUT2D eigenvalue weighted by Crippen LogP contribution is 2.27. The lowest BCUT2D eigenvalue weighted by Crippen LogP contribution is -2.42. The molecule has 0 amide bonds. The fourth-order valence-corrected chi connectivity index (χ4v) is 2.59. The molecule has 0 spiro atoms. The molecule has 5 atom stereocenters. The van der Waals surface area contributed by atoms with E-state index in [0.29, 0.717) is 13.2 Å². The molecule has 1 heterocycles. The summed E-state index contributed by atoms with van der Waals surface area (Å²) in [5, 5.41) is 0. The fraction of sp³-hybridized carbons (Fsp3) is 1.00. The van der Waals surface area contributed by atoms with Gasteiger partial charge in [0.25, 0.3) is 0 Å². The standard InChI is InChI=1S/C14H29BO5/c1-14(2,3)10(17-5)8-19-12-11(18-6)9(7-16-4)20-13(12)15/h9-13H,7-8,15H2,1-6H3/t9-,10+,11?,12+,13-/m1/s1. The third kappa shape index (κ3) is 4.43. The van der Waals surface area contributed by atoms with Gasteiger partial charge in [-0.05, 0) is 5.41 Å². The van der Waals surface area contributed by atoms with Crippen LogP contribution < -0.4 is 0 Å². The van der Waals surface area contributed by atoms with E-state index in [-0.39, 0.29) is 35.8 Å². The van der Waals surface area contributed by atoms with Crippen molar-refractivity contribution in [3.8, 4) is 0 Å². The molecule has 20 heavy (non-hydrogen) atoms.